The third kappa shape index (κ3) is 55.6. The Morgan fingerprint density at radius 2 is 0.565 bits per heavy atom. The molecule has 6 heteroatoms. The first-order valence-electron chi connectivity index (χ1n) is 29.4. The molecular weight excluding hydrogens is 853 g/mol. The Bertz CT molecular complexity index is 1290. The number of ether oxygens (including phenoxy) is 3. The Morgan fingerprint density at radius 1 is 0.304 bits per heavy atom. The average Bonchev–Trinajstić information content (AvgIpc) is 3.35. The zero-order valence-electron chi connectivity index (χ0n) is 45.6. The number of esters is 3. The number of unbranched alkanes of at least 4 members (excludes halogenated alkanes) is 30. The molecule has 0 aliphatic heterocycles. The molecule has 0 aromatic carbocycles. The second kappa shape index (κ2) is 57.4. The summed E-state index contributed by atoms with van der Waals surface area (Å²) < 4.78 is 16.8. The molecule has 1 unspecified atom stereocenters. The Hall–Kier alpha value is -3.15. The number of hydrogen-bond donors (Lipinski definition) is 0. The first-order valence-corrected chi connectivity index (χ1v) is 29.4. The predicted molar refractivity (Wildman–Crippen MR) is 298 cm³/mol. The van der Waals surface area contributed by atoms with E-state index in [4.69, 9.17) is 14.2 Å². The zero-order valence-corrected chi connectivity index (χ0v) is 45.6. The normalized spacial score (nSPS) is 12.6. The maximum Gasteiger partial charge on any atom is 0.306 e. The van der Waals surface area contributed by atoms with Crippen LogP contribution in [0.15, 0.2) is 72.9 Å². The summed E-state index contributed by atoms with van der Waals surface area (Å²) in [6, 6.07) is 0. The molecule has 0 bridgehead atoms. The molecule has 0 aromatic heterocycles. The van der Waals surface area contributed by atoms with Gasteiger partial charge in [0, 0.05) is 19.3 Å². The zero-order chi connectivity index (χ0) is 50.0. The van der Waals surface area contributed by atoms with Crippen LogP contribution in [0.3, 0.4) is 0 Å². The Labute approximate surface area is 427 Å². The SMILES string of the molecule is CC/C=C\C/C=C\C/C=C\C/C=C\C/C=C\C/C=C\CCCCCCCCCCC(=O)OCC(COC(=O)CCCCCCCCCC)OC(=O)CCCCCCCCCCCCCCCCCC. The van der Waals surface area contributed by atoms with E-state index in [-0.39, 0.29) is 31.1 Å². The molecule has 0 N–H and O–H groups in total. The number of rotatable bonds is 53. The van der Waals surface area contributed by atoms with Gasteiger partial charge in [0.2, 0.25) is 0 Å². The van der Waals surface area contributed by atoms with E-state index in [0.717, 1.165) is 103 Å². The van der Waals surface area contributed by atoms with E-state index in [1.54, 1.807) is 0 Å². The maximum absolute atomic E-state index is 12.8. The van der Waals surface area contributed by atoms with Crippen LogP contribution in [0.1, 0.15) is 290 Å². The van der Waals surface area contributed by atoms with E-state index >= 15 is 0 Å². The fourth-order valence-electron chi connectivity index (χ4n) is 8.33. The molecule has 1 atom stereocenters. The van der Waals surface area contributed by atoms with Crippen molar-refractivity contribution in [2.75, 3.05) is 13.2 Å². The van der Waals surface area contributed by atoms with E-state index in [2.05, 4.69) is 93.7 Å². The van der Waals surface area contributed by atoms with Crippen LogP contribution in [-0.2, 0) is 28.6 Å². The molecule has 0 radical (unpaired) electrons. The molecule has 0 rings (SSSR count). The highest BCUT2D eigenvalue weighted by Gasteiger charge is 2.19. The van der Waals surface area contributed by atoms with Gasteiger partial charge in [-0.05, 0) is 70.6 Å². The summed E-state index contributed by atoms with van der Waals surface area (Å²) in [5, 5.41) is 0. The fraction of sp³-hybridized carbons (Fsp3) is 0.762. The number of carbonyl (C=O) groups excluding carboxylic acids is 3. The van der Waals surface area contributed by atoms with Crippen molar-refractivity contribution in [1.82, 2.24) is 0 Å². The average molecular weight is 964 g/mol. The van der Waals surface area contributed by atoms with Crippen molar-refractivity contribution in [1.29, 1.82) is 0 Å². The number of allylic oxidation sites excluding steroid dienone is 12. The highest BCUT2D eigenvalue weighted by atomic mass is 16.6. The first kappa shape index (κ1) is 65.8. The Balaban J connectivity index is 4.20. The van der Waals surface area contributed by atoms with Gasteiger partial charge in [-0.15, -0.1) is 0 Å². The highest BCUT2D eigenvalue weighted by molar-refractivity contribution is 5.71. The molecule has 0 saturated carbocycles. The van der Waals surface area contributed by atoms with Gasteiger partial charge in [-0.2, -0.15) is 0 Å². The van der Waals surface area contributed by atoms with E-state index in [1.807, 2.05) is 0 Å². The molecule has 0 saturated heterocycles. The maximum atomic E-state index is 12.8. The van der Waals surface area contributed by atoms with Crippen molar-refractivity contribution >= 4 is 17.9 Å². The minimum atomic E-state index is -0.774. The lowest BCUT2D eigenvalue weighted by molar-refractivity contribution is -0.167. The van der Waals surface area contributed by atoms with Gasteiger partial charge >= 0.3 is 17.9 Å². The van der Waals surface area contributed by atoms with Crippen LogP contribution in [0.2, 0.25) is 0 Å². The summed E-state index contributed by atoms with van der Waals surface area (Å²) in [5.41, 5.74) is 0. The molecular formula is C63H110O6. The van der Waals surface area contributed by atoms with Crippen molar-refractivity contribution in [2.24, 2.45) is 0 Å². The minimum Gasteiger partial charge on any atom is -0.462 e. The third-order valence-electron chi connectivity index (χ3n) is 12.7. The van der Waals surface area contributed by atoms with E-state index in [9.17, 15) is 14.4 Å². The van der Waals surface area contributed by atoms with Gasteiger partial charge in [-0.1, -0.05) is 273 Å². The molecule has 0 aliphatic carbocycles. The van der Waals surface area contributed by atoms with Crippen LogP contribution < -0.4 is 0 Å². The van der Waals surface area contributed by atoms with Crippen LogP contribution >= 0.6 is 0 Å². The van der Waals surface area contributed by atoms with E-state index < -0.39 is 6.10 Å². The molecule has 0 amide bonds. The van der Waals surface area contributed by atoms with Gasteiger partial charge in [-0.25, -0.2) is 0 Å². The van der Waals surface area contributed by atoms with Crippen molar-refractivity contribution in [2.45, 2.75) is 297 Å². The molecule has 0 fully saturated rings. The summed E-state index contributed by atoms with van der Waals surface area (Å²) in [6.07, 6.45) is 73.4. The van der Waals surface area contributed by atoms with Crippen LogP contribution in [0.25, 0.3) is 0 Å². The molecule has 6 nitrogen and oxygen atoms in total. The van der Waals surface area contributed by atoms with Crippen molar-refractivity contribution in [3.05, 3.63) is 72.9 Å². The predicted octanol–water partition coefficient (Wildman–Crippen LogP) is 19.8. The number of hydrogen-bond acceptors (Lipinski definition) is 6. The molecule has 0 spiro atoms. The number of carbonyl (C=O) groups is 3. The lowest BCUT2D eigenvalue weighted by atomic mass is 10.0. The summed E-state index contributed by atoms with van der Waals surface area (Å²) in [7, 11) is 0. The standard InChI is InChI=1S/C63H110O6/c1-4-7-10-13-16-19-21-23-25-27-28-29-30-31-32-33-34-35-36-37-39-40-42-44-47-50-53-56-62(65)68-59-60(58-67-61(64)55-52-49-46-18-15-12-9-6-3)69-63(66)57-54-51-48-45-43-41-38-26-24-22-20-17-14-11-8-5-2/h7,10,16,19,23,25,28-29,31-32,34-35,60H,4-6,8-9,11-15,17-18,20-22,24,26-27,30,33,36-59H2,1-3H3/b10-7-,19-16-,25-23-,29-28-,32-31-,35-34-. The van der Waals surface area contributed by atoms with Crippen molar-refractivity contribution in [3.8, 4) is 0 Å². The van der Waals surface area contributed by atoms with Crippen LogP contribution in [-0.4, -0.2) is 37.2 Å². The van der Waals surface area contributed by atoms with E-state index in [1.165, 1.54) is 148 Å². The Kier molecular flexibility index (Phi) is 54.8. The van der Waals surface area contributed by atoms with Crippen LogP contribution in [0.5, 0.6) is 0 Å². The van der Waals surface area contributed by atoms with Gasteiger partial charge in [0.25, 0.3) is 0 Å². The molecule has 0 aliphatic rings. The summed E-state index contributed by atoms with van der Waals surface area (Å²) in [6.45, 7) is 6.51. The topological polar surface area (TPSA) is 78.9 Å². The van der Waals surface area contributed by atoms with Crippen LogP contribution in [0.4, 0.5) is 0 Å². The Morgan fingerprint density at radius 3 is 0.884 bits per heavy atom. The summed E-state index contributed by atoms with van der Waals surface area (Å²) >= 11 is 0. The molecule has 69 heavy (non-hydrogen) atoms. The fourth-order valence-corrected chi connectivity index (χ4v) is 8.33. The van der Waals surface area contributed by atoms with Gasteiger partial charge in [0.1, 0.15) is 13.2 Å². The van der Waals surface area contributed by atoms with Crippen molar-refractivity contribution in [3.63, 3.8) is 0 Å². The second-order valence-corrected chi connectivity index (χ2v) is 19.5. The summed E-state index contributed by atoms with van der Waals surface area (Å²) in [4.78, 5) is 38.0. The smallest absolute Gasteiger partial charge is 0.306 e. The van der Waals surface area contributed by atoms with Gasteiger partial charge < -0.3 is 14.2 Å². The second-order valence-electron chi connectivity index (χ2n) is 19.5. The molecule has 0 aromatic rings. The lowest BCUT2D eigenvalue weighted by Crippen LogP contribution is -2.30. The quantitative estimate of drug-likeness (QED) is 0.0262. The lowest BCUT2D eigenvalue weighted by Gasteiger charge is -2.18. The van der Waals surface area contributed by atoms with Gasteiger partial charge in [-0.3, -0.25) is 14.4 Å². The molecule has 398 valence electrons. The molecule has 0 heterocycles. The first-order chi connectivity index (χ1) is 34.0. The largest absolute Gasteiger partial charge is 0.462 e. The highest BCUT2D eigenvalue weighted by Crippen LogP contribution is 2.16. The van der Waals surface area contributed by atoms with Gasteiger partial charge in [0.15, 0.2) is 6.10 Å². The minimum absolute atomic E-state index is 0.0742. The van der Waals surface area contributed by atoms with E-state index in [0.29, 0.717) is 19.3 Å². The van der Waals surface area contributed by atoms with Crippen LogP contribution in [0, 0.1) is 0 Å². The summed E-state index contributed by atoms with van der Waals surface area (Å²) in [5.74, 6) is -0.876. The monoisotopic (exact) mass is 963 g/mol. The van der Waals surface area contributed by atoms with Crippen molar-refractivity contribution < 1.29 is 28.6 Å². The van der Waals surface area contributed by atoms with Gasteiger partial charge in [0.05, 0.1) is 0 Å². The third-order valence-corrected chi connectivity index (χ3v) is 12.7.